The van der Waals surface area contributed by atoms with E-state index in [1.807, 2.05) is 57.2 Å². The lowest BCUT2D eigenvalue weighted by Crippen LogP contribution is -2.52. The Balaban J connectivity index is 1.90. The van der Waals surface area contributed by atoms with Gasteiger partial charge in [-0.3, -0.25) is 13.9 Å². The zero-order chi connectivity index (χ0) is 30.0. The van der Waals surface area contributed by atoms with Gasteiger partial charge in [-0.2, -0.15) is 0 Å². The molecule has 0 heterocycles. The molecule has 41 heavy (non-hydrogen) atoms. The molecule has 0 bridgehead atoms. The van der Waals surface area contributed by atoms with Crippen LogP contribution in [-0.2, 0) is 32.6 Å². The minimum Gasteiger partial charge on any atom is -0.352 e. The van der Waals surface area contributed by atoms with Gasteiger partial charge in [-0.1, -0.05) is 67.6 Å². The summed E-state index contributed by atoms with van der Waals surface area (Å²) in [5.41, 5.74) is 2.61. The summed E-state index contributed by atoms with van der Waals surface area (Å²) in [6, 6.07) is 21.8. The molecule has 7 nitrogen and oxygen atoms in total. The van der Waals surface area contributed by atoms with Gasteiger partial charge in [-0.25, -0.2) is 12.8 Å². The largest absolute Gasteiger partial charge is 0.352 e. The predicted octanol–water partition coefficient (Wildman–Crippen LogP) is 5.24. The number of benzene rings is 3. The summed E-state index contributed by atoms with van der Waals surface area (Å²) in [7, 11) is -3.60. The fraction of sp³-hybridized carbons (Fsp3) is 0.375. The van der Waals surface area contributed by atoms with E-state index in [4.69, 9.17) is 0 Å². The van der Waals surface area contributed by atoms with Crippen molar-refractivity contribution >= 4 is 27.5 Å². The summed E-state index contributed by atoms with van der Waals surface area (Å²) in [5, 5.41) is 2.99. The lowest BCUT2D eigenvalue weighted by molar-refractivity contribution is -0.141. The maximum absolute atomic E-state index is 14.8. The number of carbonyl (C=O) groups is 2. The van der Waals surface area contributed by atoms with Crippen molar-refractivity contribution in [2.75, 3.05) is 17.1 Å². The molecule has 0 fully saturated rings. The van der Waals surface area contributed by atoms with Gasteiger partial charge in [0.2, 0.25) is 21.8 Å². The third-order valence-corrected chi connectivity index (χ3v) is 8.21. The Kier molecular flexibility index (Phi) is 11.5. The van der Waals surface area contributed by atoms with E-state index < -0.39 is 21.9 Å². The molecular weight excluding hydrogens is 541 g/mol. The Labute approximate surface area is 243 Å². The number of anilines is 1. The van der Waals surface area contributed by atoms with Gasteiger partial charge >= 0.3 is 0 Å². The highest BCUT2D eigenvalue weighted by atomic mass is 32.2. The molecule has 9 heteroatoms. The van der Waals surface area contributed by atoms with Gasteiger partial charge < -0.3 is 10.2 Å². The van der Waals surface area contributed by atoms with Crippen molar-refractivity contribution in [2.24, 2.45) is 0 Å². The number of rotatable bonds is 14. The van der Waals surface area contributed by atoms with Gasteiger partial charge in [0.1, 0.15) is 11.9 Å². The number of amides is 2. The van der Waals surface area contributed by atoms with E-state index in [0.717, 1.165) is 17.4 Å². The average molecular weight is 582 g/mol. The molecule has 1 N–H and O–H groups in total. The highest BCUT2D eigenvalue weighted by Crippen LogP contribution is 2.22. The molecule has 0 aliphatic rings. The molecular formula is C32H40FN3O4S. The molecule has 0 spiro atoms. The number of nitrogens with one attached hydrogen (secondary N) is 1. The van der Waals surface area contributed by atoms with E-state index in [1.165, 1.54) is 15.3 Å². The van der Waals surface area contributed by atoms with Crippen molar-refractivity contribution in [1.29, 1.82) is 0 Å². The highest BCUT2D eigenvalue weighted by molar-refractivity contribution is 7.92. The van der Waals surface area contributed by atoms with E-state index in [9.17, 15) is 22.4 Å². The van der Waals surface area contributed by atoms with Gasteiger partial charge in [-0.05, 0) is 56.0 Å². The number of hydrogen-bond acceptors (Lipinski definition) is 4. The van der Waals surface area contributed by atoms with E-state index in [0.29, 0.717) is 17.7 Å². The maximum Gasteiger partial charge on any atom is 0.243 e. The first-order chi connectivity index (χ1) is 19.5. The van der Waals surface area contributed by atoms with Crippen molar-refractivity contribution in [3.8, 4) is 0 Å². The van der Waals surface area contributed by atoms with Crippen LogP contribution in [0.3, 0.4) is 0 Å². The minimum absolute atomic E-state index is 0.0197. The summed E-state index contributed by atoms with van der Waals surface area (Å²) in [5.74, 6) is -1.13. The highest BCUT2D eigenvalue weighted by Gasteiger charge is 2.31. The number of aryl methyl sites for hydroxylation is 1. The van der Waals surface area contributed by atoms with Gasteiger partial charge in [0, 0.05) is 37.5 Å². The van der Waals surface area contributed by atoms with Crippen LogP contribution in [0.1, 0.15) is 49.8 Å². The molecule has 220 valence electrons. The van der Waals surface area contributed by atoms with Crippen LogP contribution in [0.5, 0.6) is 0 Å². The van der Waals surface area contributed by atoms with Crippen molar-refractivity contribution < 1.29 is 22.4 Å². The van der Waals surface area contributed by atoms with Crippen molar-refractivity contribution in [1.82, 2.24) is 10.2 Å². The summed E-state index contributed by atoms with van der Waals surface area (Å²) >= 11 is 0. The fourth-order valence-corrected chi connectivity index (χ4v) is 5.55. The van der Waals surface area contributed by atoms with Crippen LogP contribution < -0.4 is 9.62 Å². The second kappa shape index (κ2) is 14.8. The molecule has 0 aromatic heterocycles. The first kappa shape index (κ1) is 31.8. The zero-order valence-corrected chi connectivity index (χ0v) is 25.0. The predicted molar refractivity (Wildman–Crippen MR) is 161 cm³/mol. The van der Waals surface area contributed by atoms with Crippen LogP contribution in [0.15, 0.2) is 78.9 Å². The molecule has 3 aromatic carbocycles. The normalized spacial score (nSPS) is 12.8. The second-order valence-electron chi connectivity index (χ2n) is 10.4. The molecule has 0 saturated carbocycles. The molecule has 2 amide bonds. The third-order valence-electron chi connectivity index (χ3n) is 7.01. The van der Waals surface area contributed by atoms with E-state index in [-0.39, 0.29) is 50.2 Å². The van der Waals surface area contributed by atoms with Gasteiger partial charge in [0.05, 0.1) is 11.9 Å². The average Bonchev–Trinajstić information content (AvgIpc) is 2.93. The molecule has 3 rings (SSSR count). The smallest absolute Gasteiger partial charge is 0.243 e. The summed E-state index contributed by atoms with van der Waals surface area (Å²) in [4.78, 5) is 28.8. The number of halogens is 1. The summed E-state index contributed by atoms with van der Waals surface area (Å²) in [6.07, 6.45) is 2.30. The lowest BCUT2D eigenvalue weighted by Gasteiger charge is -2.33. The number of carbonyl (C=O) groups excluding carboxylic acids is 2. The Morgan fingerprint density at radius 2 is 1.66 bits per heavy atom. The maximum atomic E-state index is 14.8. The number of nitrogens with zero attached hydrogens (tertiary/aromatic N) is 2. The first-order valence-corrected chi connectivity index (χ1v) is 15.8. The van der Waals surface area contributed by atoms with Crippen LogP contribution in [0, 0.1) is 12.7 Å². The second-order valence-corrected chi connectivity index (χ2v) is 12.3. The molecule has 0 radical (unpaired) electrons. The van der Waals surface area contributed by atoms with Crippen LogP contribution in [0.25, 0.3) is 0 Å². The van der Waals surface area contributed by atoms with Crippen molar-refractivity contribution in [3.63, 3.8) is 0 Å². The fourth-order valence-electron chi connectivity index (χ4n) is 4.59. The number of sulfonamides is 1. The van der Waals surface area contributed by atoms with Crippen LogP contribution in [0.2, 0.25) is 0 Å². The summed E-state index contributed by atoms with van der Waals surface area (Å²) < 4.78 is 41.2. The monoisotopic (exact) mass is 581 g/mol. The van der Waals surface area contributed by atoms with Crippen molar-refractivity contribution in [2.45, 2.75) is 65.1 Å². The molecule has 2 atom stereocenters. The van der Waals surface area contributed by atoms with E-state index in [1.54, 1.807) is 36.4 Å². The van der Waals surface area contributed by atoms with E-state index >= 15 is 0 Å². The molecule has 0 saturated heterocycles. The Bertz CT molecular complexity index is 1420. The standard InChI is InChI=1S/C32H40FN3O4S/c1-5-25(3)34-32(38)30(22-26-14-7-6-8-15-26)35(23-27-16-9-10-18-29(27)33)31(37)19-12-20-36(41(4,39)40)28-17-11-13-24(2)21-28/h6-11,13-18,21,25,30H,5,12,19-20,22-23H2,1-4H3,(H,34,38). The van der Waals surface area contributed by atoms with Crippen LogP contribution in [0.4, 0.5) is 10.1 Å². The molecule has 0 aliphatic heterocycles. The molecule has 2 unspecified atom stereocenters. The molecule has 0 aliphatic carbocycles. The Morgan fingerprint density at radius 3 is 2.29 bits per heavy atom. The number of hydrogen-bond donors (Lipinski definition) is 1. The third kappa shape index (κ3) is 9.42. The lowest BCUT2D eigenvalue weighted by atomic mass is 10.0. The van der Waals surface area contributed by atoms with Crippen LogP contribution in [-0.4, -0.2) is 50.0 Å². The Hall–Kier alpha value is -3.72. The quantitative estimate of drug-likeness (QED) is 0.282. The SMILES string of the molecule is CCC(C)NC(=O)C(Cc1ccccc1)N(Cc1ccccc1F)C(=O)CCCN(c1cccc(C)c1)S(C)(=O)=O. The van der Waals surface area contributed by atoms with Gasteiger partial charge in [0.15, 0.2) is 0 Å². The summed E-state index contributed by atoms with van der Waals surface area (Å²) in [6.45, 7) is 5.73. The molecule has 3 aromatic rings. The first-order valence-electron chi connectivity index (χ1n) is 13.9. The van der Waals surface area contributed by atoms with Crippen molar-refractivity contribution in [3.05, 3.63) is 101 Å². The Morgan fingerprint density at radius 1 is 0.976 bits per heavy atom. The van der Waals surface area contributed by atoms with E-state index in [2.05, 4.69) is 5.32 Å². The van der Waals surface area contributed by atoms with Gasteiger partial charge in [-0.15, -0.1) is 0 Å². The zero-order valence-electron chi connectivity index (χ0n) is 24.2. The minimum atomic E-state index is -3.60. The topological polar surface area (TPSA) is 86.8 Å². The van der Waals surface area contributed by atoms with Gasteiger partial charge in [0.25, 0.3) is 0 Å². The van der Waals surface area contributed by atoms with Crippen LogP contribution >= 0.6 is 0 Å².